The second-order valence-electron chi connectivity index (χ2n) is 5.74. The van der Waals surface area contributed by atoms with Gasteiger partial charge in [-0.05, 0) is 28.8 Å². The molecule has 1 aromatic rings. The van der Waals surface area contributed by atoms with E-state index in [4.69, 9.17) is 4.74 Å². The van der Waals surface area contributed by atoms with Gasteiger partial charge in [0, 0.05) is 15.6 Å². The highest BCUT2D eigenvalue weighted by Gasteiger charge is 2.53. The van der Waals surface area contributed by atoms with Gasteiger partial charge in [0.2, 0.25) is 0 Å². The molecule has 24 heavy (non-hydrogen) atoms. The minimum Gasteiger partial charge on any atom is -0.497 e. The quantitative estimate of drug-likeness (QED) is 0.616. The minimum atomic E-state index is -1.23. The molecule has 2 aliphatic rings. The van der Waals surface area contributed by atoms with Crippen molar-refractivity contribution in [2.24, 2.45) is 11.3 Å². The molecule has 2 aliphatic carbocycles. The zero-order valence-corrected chi connectivity index (χ0v) is 16.1. The van der Waals surface area contributed by atoms with Crippen molar-refractivity contribution in [3.8, 4) is 17.9 Å². The Kier molecular flexibility index (Phi) is 4.67. The van der Waals surface area contributed by atoms with E-state index in [0.717, 1.165) is 22.5 Å². The van der Waals surface area contributed by atoms with Gasteiger partial charge in [-0.2, -0.15) is 10.5 Å². The number of fused-ring (bicyclic) bond motifs is 1. The van der Waals surface area contributed by atoms with E-state index in [1.807, 2.05) is 48.6 Å². The van der Waals surface area contributed by atoms with Crippen molar-refractivity contribution in [3.05, 3.63) is 59.7 Å². The molecule has 120 valence electrons. The summed E-state index contributed by atoms with van der Waals surface area (Å²) in [4.78, 5) is -0.0188. The van der Waals surface area contributed by atoms with E-state index in [2.05, 4.69) is 44.0 Å². The summed E-state index contributed by atoms with van der Waals surface area (Å²) in [6.07, 6.45) is 7.95. The van der Waals surface area contributed by atoms with Gasteiger partial charge in [-0.25, -0.2) is 0 Å². The molecule has 0 heterocycles. The maximum Gasteiger partial charge on any atom is 0.177 e. The van der Waals surface area contributed by atoms with Crippen LogP contribution in [0.4, 0.5) is 0 Å². The molecule has 3 unspecified atom stereocenters. The van der Waals surface area contributed by atoms with Crippen LogP contribution in [0.2, 0.25) is 0 Å². The lowest BCUT2D eigenvalue weighted by Gasteiger charge is -2.30. The summed E-state index contributed by atoms with van der Waals surface area (Å²) in [7, 11) is 1.61. The second-order valence-corrected chi connectivity index (χ2v) is 7.85. The van der Waals surface area contributed by atoms with Crippen molar-refractivity contribution in [2.75, 3.05) is 7.11 Å². The molecule has 3 atom stereocenters. The predicted octanol–water partition coefficient (Wildman–Crippen LogP) is 4.77. The van der Waals surface area contributed by atoms with Gasteiger partial charge >= 0.3 is 0 Å². The Morgan fingerprint density at radius 3 is 2.38 bits per heavy atom. The number of methoxy groups -OCH3 is 1. The van der Waals surface area contributed by atoms with E-state index >= 15 is 0 Å². The summed E-state index contributed by atoms with van der Waals surface area (Å²) in [6.45, 7) is 0. The molecule has 1 aromatic carbocycles. The zero-order chi connectivity index (χ0) is 17.3. The molecular formula is C19H14Br2N2O. The van der Waals surface area contributed by atoms with Crippen LogP contribution in [0.5, 0.6) is 5.75 Å². The van der Waals surface area contributed by atoms with Crippen molar-refractivity contribution in [1.82, 2.24) is 0 Å². The number of nitriles is 2. The third-order valence-corrected chi connectivity index (χ3v) is 7.20. The van der Waals surface area contributed by atoms with E-state index in [1.54, 1.807) is 7.11 Å². The van der Waals surface area contributed by atoms with Crippen molar-refractivity contribution in [2.45, 2.75) is 9.65 Å². The molecule has 0 amide bonds. The average molecular weight is 446 g/mol. The first kappa shape index (κ1) is 17.0. The Hall–Kier alpha value is -1.82. The van der Waals surface area contributed by atoms with Crippen LogP contribution >= 0.6 is 31.9 Å². The second kappa shape index (κ2) is 6.59. The highest BCUT2D eigenvalue weighted by Crippen LogP contribution is 2.55. The lowest BCUT2D eigenvalue weighted by molar-refractivity contribution is 0.414. The minimum absolute atomic E-state index is 0.0425. The van der Waals surface area contributed by atoms with E-state index < -0.39 is 5.41 Å². The van der Waals surface area contributed by atoms with Crippen molar-refractivity contribution in [3.63, 3.8) is 0 Å². The fourth-order valence-corrected chi connectivity index (χ4v) is 4.65. The molecule has 0 saturated heterocycles. The first-order valence-corrected chi connectivity index (χ1v) is 9.26. The highest BCUT2D eigenvalue weighted by atomic mass is 79.9. The smallest absolute Gasteiger partial charge is 0.177 e. The third-order valence-electron chi connectivity index (χ3n) is 4.52. The number of allylic oxidation sites excluding steroid dienone is 6. The van der Waals surface area contributed by atoms with E-state index in [1.165, 1.54) is 0 Å². The molecule has 5 heteroatoms. The fourth-order valence-electron chi connectivity index (χ4n) is 3.29. The first-order valence-electron chi connectivity index (χ1n) is 7.43. The summed E-state index contributed by atoms with van der Waals surface area (Å²) < 4.78 is 5.20. The fraction of sp³-hybridized carbons (Fsp3) is 0.263. The molecule has 0 aliphatic heterocycles. The normalized spacial score (nSPS) is 27.1. The lowest BCUT2D eigenvalue weighted by atomic mass is 9.71. The Morgan fingerprint density at radius 2 is 1.79 bits per heavy atom. The molecule has 0 bridgehead atoms. The van der Waals surface area contributed by atoms with Crippen molar-refractivity contribution >= 4 is 37.4 Å². The van der Waals surface area contributed by atoms with Gasteiger partial charge in [0.1, 0.15) is 5.75 Å². The third kappa shape index (κ3) is 2.53. The van der Waals surface area contributed by atoms with Crippen LogP contribution in [0.25, 0.3) is 5.57 Å². The van der Waals surface area contributed by atoms with E-state index in [9.17, 15) is 10.5 Å². The van der Waals surface area contributed by atoms with Crippen LogP contribution in [-0.2, 0) is 0 Å². The number of hydrogen-bond donors (Lipinski definition) is 0. The molecule has 0 radical (unpaired) electrons. The summed E-state index contributed by atoms with van der Waals surface area (Å²) in [5, 5.41) is 19.9. The molecular weight excluding hydrogens is 432 g/mol. The molecule has 3 nitrogen and oxygen atoms in total. The van der Waals surface area contributed by atoms with Gasteiger partial charge in [0.15, 0.2) is 5.41 Å². The Labute approximate surface area is 158 Å². The molecule has 0 aromatic heterocycles. The van der Waals surface area contributed by atoms with Crippen LogP contribution in [0.1, 0.15) is 5.56 Å². The molecule has 3 rings (SSSR count). The van der Waals surface area contributed by atoms with Gasteiger partial charge < -0.3 is 4.74 Å². The maximum atomic E-state index is 9.96. The number of alkyl halides is 2. The van der Waals surface area contributed by atoms with E-state index in [-0.39, 0.29) is 15.6 Å². The van der Waals surface area contributed by atoms with Crippen LogP contribution in [0.15, 0.2) is 54.1 Å². The Morgan fingerprint density at radius 1 is 1.12 bits per heavy atom. The summed E-state index contributed by atoms with van der Waals surface area (Å²) >= 11 is 7.32. The first-order chi connectivity index (χ1) is 11.6. The number of nitrogens with zero attached hydrogens (tertiary/aromatic N) is 2. The molecule has 0 N–H and O–H groups in total. The summed E-state index contributed by atoms with van der Waals surface area (Å²) in [5.74, 6) is 0.496. The van der Waals surface area contributed by atoms with Gasteiger partial charge in [-0.1, -0.05) is 68.3 Å². The van der Waals surface area contributed by atoms with Gasteiger partial charge in [-0.3, -0.25) is 0 Å². The van der Waals surface area contributed by atoms with Crippen LogP contribution < -0.4 is 4.74 Å². The van der Waals surface area contributed by atoms with Gasteiger partial charge in [0.25, 0.3) is 0 Å². The number of benzene rings is 1. The number of halogens is 2. The summed E-state index contributed by atoms with van der Waals surface area (Å²) in [5.41, 5.74) is 1.37. The van der Waals surface area contributed by atoms with Gasteiger partial charge in [-0.15, -0.1) is 0 Å². The zero-order valence-electron chi connectivity index (χ0n) is 12.9. The van der Waals surface area contributed by atoms with Crippen LogP contribution in [0.3, 0.4) is 0 Å². The number of rotatable bonds is 2. The monoisotopic (exact) mass is 444 g/mol. The maximum absolute atomic E-state index is 9.96. The van der Waals surface area contributed by atoms with Crippen LogP contribution in [-0.4, -0.2) is 16.8 Å². The molecule has 0 fully saturated rings. The SMILES string of the molecule is COc1ccc(C2=CC3=CC=CC(Br)C(Br)C3C2(C#N)C#N)cc1. The standard InChI is InChI=1S/C19H14Br2N2O/c1-24-14-7-5-12(6-8-14)15-9-13-3-2-4-16(20)18(21)17(13)19(15,10-22)11-23/h2-9,16-18H,1H3. The Balaban J connectivity index is 2.16. The molecule has 0 saturated carbocycles. The van der Waals surface area contributed by atoms with Crippen molar-refractivity contribution in [1.29, 1.82) is 10.5 Å². The average Bonchev–Trinajstić information content (AvgIpc) is 2.87. The highest BCUT2D eigenvalue weighted by molar-refractivity contribution is 9.12. The van der Waals surface area contributed by atoms with Gasteiger partial charge in [0.05, 0.1) is 19.2 Å². The van der Waals surface area contributed by atoms with Crippen molar-refractivity contribution < 1.29 is 4.74 Å². The predicted molar refractivity (Wildman–Crippen MR) is 101 cm³/mol. The lowest BCUT2D eigenvalue weighted by Crippen LogP contribution is -2.35. The molecule has 0 spiro atoms. The number of ether oxygens (including phenoxy) is 1. The summed E-state index contributed by atoms with van der Waals surface area (Å²) in [6, 6.07) is 12.1. The Bertz CT molecular complexity index is 810. The van der Waals surface area contributed by atoms with Crippen LogP contribution in [0, 0.1) is 34.0 Å². The largest absolute Gasteiger partial charge is 0.497 e. The topological polar surface area (TPSA) is 56.8 Å². The van der Waals surface area contributed by atoms with E-state index in [0.29, 0.717) is 0 Å². The number of hydrogen-bond acceptors (Lipinski definition) is 3.